The van der Waals surface area contributed by atoms with E-state index in [0.29, 0.717) is 19.0 Å². The van der Waals surface area contributed by atoms with E-state index >= 15 is 0 Å². The van der Waals surface area contributed by atoms with Gasteiger partial charge in [-0.3, -0.25) is 0 Å². The maximum absolute atomic E-state index is 11.8. The highest BCUT2D eigenvalue weighted by Crippen LogP contribution is 2.18. The summed E-state index contributed by atoms with van der Waals surface area (Å²) >= 11 is 0. The summed E-state index contributed by atoms with van der Waals surface area (Å²) in [6.45, 7) is 11.8. The second-order valence-electron chi connectivity index (χ2n) is 7.72. The Morgan fingerprint density at radius 2 is 1.69 bits per heavy atom. The fraction of sp³-hybridized carbons (Fsp3) is 0.636. The van der Waals surface area contributed by atoms with E-state index in [1.54, 1.807) is 0 Å². The van der Waals surface area contributed by atoms with Crippen molar-refractivity contribution in [3.63, 3.8) is 0 Å². The Morgan fingerprint density at radius 3 is 2.21 bits per heavy atom. The predicted octanol–water partition coefficient (Wildman–Crippen LogP) is 3.60. The van der Waals surface area contributed by atoms with Gasteiger partial charge in [0.2, 0.25) is 0 Å². The van der Waals surface area contributed by atoms with Gasteiger partial charge in [-0.1, -0.05) is 38.8 Å². The third-order valence-electron chi connectivity index (χ3n) is 4.41. The maximum Gasteiger partial charge on any atom is 0.319 e. The fourth-order valence-corrected chi connectivity index (χ4v) is 3.12. The molecule has 0 spiro atoms. The molecule has 0 atom stereocenters. The number of carbonyl (C=O) groups excluding carboxylic acids is 1. The van der Waals surface area contributed by atoms with E-state index in [9.17, 15) is 9.90 Å². The highest BCUT2D eigenvalue weighted by Gasteiger charge is 2.24. The third kappa shape index (κ3) is 10.2. The first-order valence-corrected chi connectivity index (χ1v) is 10.7. The number of aliphatic hydroxyl groups is 1. The molecule has 1 aromatic rings. The molecular weight excluding hydrogens is 366 g/mol. The fourth-order valence-electron chi connectivity index (χ4n) is 3.12. The Bertz CT molecular complexity index is 623. The Hall–Kier alpha value is -2.28. The standard InChI is InChI=1S/C22H39N5O2/c1-6-13-22(29,14-7-2)16-25-20(23-8-3)24-15-18-9-11-19(12-10-18)27-21(28)26-17(4)5/h9-12,17,29H,6-8,13-16H2,1-5H3,(H2,23,24,25)(H2,26,27,28). The van der Waals surface area contributed by atoms with Gasteiger partial charge >= 0.3 is 6.03 Å². The average Bonchev–Trinajstić information content (AvgIpc) is 2.65. The van der Waals surface area contributed by atoms with Gasteiger partial charge in [0.05, 0.1) is 12.1 Å². The summed E-state index contributed by atoms with van der Waals surface area (Å²) in [4.78, 5) is 16.4. The van der Waals surface area contributed by atoms with Crippen molar-refractivity contribution in [1.29, 1.82) is 0 Å². The Kier molecular flexibility index (Phi) is 11.1. The highest BCUT2D eigenvalue weighted by molar-refractivity contribution is 5.89. The van der Waals surface area contributed by atoms with Crippen LogP contribution in [-0.4, -0.2) is 41.8 Å². The van der Waals surface area contributed by atoms with Gasteiger partial charge < -0.3 is 26.4 Å². The third-order valence-corrected chi connectivity index (χ3v) is 4.41. The smallest absolute Gasteiger partial charge is 0.319 e. The lowest BCUT2D eigenvalue weighted by molar-refractivity contribution is 0.0257. The molecule has 29 heavy (non-hydrogen) atoms. The molecule has 7 heteroatoms. The summed E-state index contributed by atoms with van der Waals surface area (Å²) in [6.07, 6.45) is 3.43. The second kappa shape index (κ2) is 13.0. The largest absolute Gasteiger partial charge is 0.388 e. The van der Waals surface area contributed by atoms with E-state index in [-0.39, 0.29) is 12.1 Å². The number of aliphatic imine (C=N–C) groups is 1. The van der Waals surface area contributed by atoms with Gasteiger partial charge in [0.1, 0.15) is 0 Å². The number of benzene rings is 1. The van der Waals surface area contributed by atoms with Crippen LogP contribution in [0.4, 0.5) is 10.5 Å². The molecule has 0 unspecified atom stereocenters. The van der Waals surface area contributed by atoms with Gasteiger partial charge in [-0.15, -0.1) is 0 Å². The molecule has 0 fully saturated rings. The van der Waals surface area contributed by atoms with Crippen molar-refractivity contribution in [1.82, 2.24) is 16.0 Å². The number of nitrogens with zero attached hydrogens (tertiary/aromatic N) is 1. The monoisotopic (exact) mass is 405 g/mol. The first kappa shape index (κ1) is 24.8. The SMILES string of the molecule is CCCC(O)(CCC)CNC(=NCc1ccc(NC(=O)NC(C)C)cc1)NCC. The Labute approximate surface area is 175 Å². The number of guanidine groups is 1. The predicted molar refractivity (Wildman–Crippen MR) is 121 cm³/mol. The minimum Gasteiger partial charge on any atom is -0.388 e. The number of nitrogens with one attached hydrogen (secondary N) is 4. The van der Waals surface area contributed by atoms with Crippen LogP contribution in [0, 0.1) is 0 Å². The van der Waals surface area contributed by atoms with Crippen LogP contribution in [-0.2, 0) is 6.54 Å². The van der Waals surface area contributed by atoms with Crippen molar-refractivity contribution < 1.29 is 9.90 Å². The lowest BCUT2D eigenvalue weighted by Crippen LogP contribution is -2.47. The Morgan fingerprint density at radius 1 is 1.07 bits per heavy atom. The van der Waals surface area contributed by atoms with Crippen molar-refractivity contribution in [3.05, 3.63) is 29.8 Å². The van der Waals surface area contributed by atoms with Crippen LogP contribution in [0.2, 0.25) is 0 Å². The number of rotatable bonds is 11. The van der Waals surface area contributed by atoms with Crippen molar-refractivity contribution in [3.8, 4) is 0 Å². The summed E-state index contributed by atoms with van der Waals surface area (Å²) < 4.78 is 0. The lowest BCUT2D eigenvalue weighted by Gasteiger charge is -2.28. The molecule has 0 aliphatic carbocycles. The van der Waals surface area contributed by atoms with Crippen LogP contribution in [0.15, 0.2) is 29.3 Å². The molecule has 0 bridgehead atoms. The number of carbonyl (C=O) groups is 1. The summed E-state index contributed by atoms with van der Waals surface area (Å²) in [5.74, 6) is 0.691. The van der Waals surface area contributed by atoms with Crippen LogP contribution in [0.1, 0.15) is 65.9 Å². The molecule has 0 saturated heterocycles. The molecule has 5 N–H and O–H groups in total. The molecule has 164 valence electrons. The summed E-state index contributed by atoms with van der Waals surface area (Å²) in [6, 6.07) is 7.51. The van der Waals surface area contributed by atoms with Gasteiger partial charge in [-0.05, 0) is 51.3 Å². The second-order valence-corrected chi connectivity index (χ2v) is 7.72. The summed E-state index contributed by atoms with van der Waals surface area (Å²) in [5.41, 5.74) is 1.07. The van der Waals surface area contributed by atoms with Crippen LogP contribution >= 0.6 is 0 Å². The maximum atomic E-state index is 11.8. The van der Waals surface area contributed by atoms with E-state index in [2.05, 4.69) is 40.1 Å². The van der Waals surface area contributed by atoms with E-state index in [4.69, 9.17) is 0 Å². The van der Waals surface area contributed by atoms with E-state index in [1.807, 2.05) is 45.0 Å². The number of hydrogen-bond donors (Lipinski definition) is 5. The molecule has 0 aromatic heterocycles. The molecule has 0 aliphatic rings. The van der Waals surface area contributed by atoms with E-state index in [1.165, 1.54) is 0 Å². The quantitative estimate of drug-likeness (QED) is 0.287. The average molecular weight is 406 g/mol. The zero-order chi connectivity index (χ0) is 21.7. The van der Waals surface area contributed by atoms with Crippen molar-refractivity contribution in [2.75, 3.05) is 18.4 Å². The van der Waals surface area contributed by atoms with Crippen molar-refractivity contribution >= 4 is 17.7 Å². The number of urea groups is 1. The molecule has 0 saturated carbocycles. The first-order chi connectivity index (χ1) is 13.8. The van der Waals surface area contributed by atoms with Crippen molar-refractivity contribution in [2.24, 2.45) is 4.99 Å². The van der Waals surface area contributed by atoms with Gasteiger partial charge in [0, 0.05) is 24.8 Å². The van der Waals surface area contributed by atoms with Gasteiger partial charge in [-0.25, -0.2) is 9.79 Å². The molecule has 2 amide bonds. The molecule has 0 radical (unpaired) electrons. The molecule has 0 heterocycles. The normalized spacial score (nSPS) is 12.0. The minimum atomic E-state index is -0.705. The topological polar surface area (TPSA) is 97.8 Å². The van der Waals surface area contributed by atoms with Crippen LogP contribution in [0.3, 0.4) is 0 Å². The number of hydrogen-bond acceptors (Lipinski definition) is 3. The summed E-state index contributed by atoms with van der Waals surface area (Å²) in [5, 5.41) is 22.9. The zero-order valence-electron chi connectivity index (χ0n) is 18.6. The molecule has 0 aliphatic heterocycles. The summed E-state index contributed by atoms with van der Waals surface area (Å²) in [7, 11) is 0. The van der Waals surface area contributed by atoms with Crippen LogP contribution < -0.4 is 21.3 Å². The first-order valence-electron chi connectivity index (χ1n) is 10.7. The highest BCUT2D eigenvalue weighted by atomic mass is 16.3. The number of amides is 2. The molecule has 1 aromatic carbocycles. The lowest BCUT2D eigenvalue weighted by atomic mass is 9.93. The molecular formula is C22H39N5O2. The van der Waals surface area contributed by atoms with Gasteiger partial charge in [-0.2, -0.15) is 0 Å². The van der Waals surface area contributed by atoms with E-state index in [0.717, 1.165) is 43.5 Å². The van der Waals surface area contributed by atoms with Gasteiger partial charge in [0.25, 0.3) is 0 Å². The van der Waals surface area contributed by atoms with E-state index < -0.39 is 5.60 Å². The van der Waals surface area contributed by atoms with Crippen LogP contribution in [0.25, 0.3) is 0 Å². The van der Waals surface area contributed by atoms with Gasteiger partial charge in [0.15, 0.2) is 5.96 Å². The Balaban J connectivity index is 2.67. The van der Waals surface area contributed by atoms with Crippen LogP contribution in [0.5, 0.6) is 0 Å². The number of anilines is 1. The van der Waals surface area contributed by atoms with Crippen molar-refractivity contribution in [2.45, 2.75) is 78.5 Å². The molecule has 7 nitrogen and oxygen atoms in total. The molecule has 1 rings (SSSR count). The zero-order valence-corrected chi connectivity index (χ0v) is 18.6. The minimum absolute atomic E-state index is 0.0907.